The molecule has 1 atom stereocenters. The summed E-state index contributed by atoms with van der Waals surface area (Å²) in [7, 11) is 0. The summed E-state index contributed by atoms with van der Waals surface area (Å²) in [5.74, 6) is -1.24. The van der Waals surface area contributed by atoms with Crippen LogP contribution in [0.25, 0.3) is 0 Å². The highest BCUT2D eigenvalue weighted by Crippen LogP contribution is 2.36. The molecule has 1 aliphatic heterocycles. The van der Waals surface area contributed by atoms with E-state index in [1.165, 1.54) is 15.8 Å². The highest BCUT2D eigenvalue weighted by atomic mass is 32.1. The third-order valence-electron chi connectivity index (χ3n) is 3.66. The molecule has 21 heavy (non-hydrogen) atoms. The largest absolute Gasteiger partial charge is 0.478 e. The first-order valence-corrected chi connectivity index (χ1v) is 7.57. The summed E-state index contributed by atoms with van der Waals surface area (Å²) in [6.45, 7) is 2.71. The Morgan fingerprint density at radius 1 is 1.43 bits per heavy atom. The molecule has 1 saturated heterocycles. The summed E-state index contributed by atoms with van der Waals surface area (Å²) in [6.07, 6.45) is 2.98. The molecule has 0 aromatic carbocycles. The number of thiophene rings is 1. The second-order valence-electron chi connectivity index (χ2n) is 5.11. The van der Waals surface area contributed by atoms with Gasteiger partial charge in [0.2, 0.25) is 0 Å². The van der Waals surface area contributed by atoms with E-state index in [4.69, 9.17) is 9.52 Å². The standard InChI is InChI=1S/C15H15NO4S/c1-9-4-5-13(21-9)11-3-2-6-16(11)14(17)12-7-10(8-20-12)15(18)19/h4-5,7-8,11H,2-3,6H2,1H3,(H,18,19)/t11-/m1/s1. The van der Waals surface area contributed by atoms with E-state index >= 15 is 0 Å². The summed E-state index contributed by atoms with van der Waals surface area (Å²) in [5, 5.41) is 8.89. The van der Waals surface area contributed by atoms with Crippen molar-refractivity contribution in [1.29, 1.82) is 0 Å². The van der Waals surface area contributed by atoms with E-state index in [0.717, 1.165) is 19.1 Å². The molecule has 1 N–H and O–H groups in total. The fourth-order valence-electron chi connectivity index (χ4n) is 2.64. The number of amides is 1. The zero-order valence-corrected chi connectivity index (χ0v) is 12.4. The minimum atomic E-state index is -1.09. The lowest BCUT2D eigenvalue weighted by Gasteiger charge is -2.22. The molecule has 1 aliphatic rings. The van der Waals surface area contributed by atoms with Crippen LogP contribution >= 0.6 is 11.3 Å². The number of carbonyl (C=O) groups excluding carboxylic acids is 1. The van der Waals surface area contributed by atoms with Gasteiger partial charge >= 0.3 is 5.97 Å². The van der Waals surface area contributed by atoms with Gasteiger partial charge in [0.25, 0.3) is 5.91 Å². The molecule has 2 aromatic rings. The number of carbonyl (C=O) groups is 2. The van der Waals surface area contributed by atoms with Crippen molar-refractivity contribution in [2.45, 2.75) is 25.8 Å². The number of carboxylic acids is 1. The van der Waals surface area contributed by atoms with Crippen LogP contribution in [-0.4, -0.2) is 28.4 Å². The van der Waals surface area contributed by atoms with E-state index in [9.17, 15) is 9.59 Å². The van der Waals surface area contributed by atoms with Gasteiger partial charge in [0.1, 0.15) is 6.26 Å². The highest BCUT2D eigenvalue weighted by molar-refractivity contribution is 7.12. The van der Waals surface area contributed by atoms with Crippen LogP contribution in [0.15, 0.2) is 28.9 Å². The molecular weight excluding hydrogens is 290 g/mol. The number of hydrogen-bond donors (Lipinski definition) is 1. The van der Waals surface area contributed by atoms with Crippen molar-refractivity contribution in [1.82, 2.24) is 4.90 Å². The van der Waals surface area contributed by atoms with Crippen LogP contribution in [0.5, 0.6) is 0 Å². The summed E-state index contributed by atoms with van der Waals surface area (Å²) < 4.78 is 5.12. The molecule has 3 rings (SSSR count). The monoisotopic (exact) mass is 305 g/mol. The number of hydrogen-bond acceptors (Lipinski definition) is 4. The van der Waals surface area contributed by atoms with E-state index in [1.54, 1.807) is 16.2 Å². The van der Waals surface area contributed by atoms with Gasteiger partial charge in [-0.15, -0.1) is 11.3 Å². The third-order valence-corrected chi connectivity index (χ3v) is 4.76. The van der Waals surface area contributed by atoms with Crippen LogP contribution in [0.3, 0.4) is 0 Å². The lowest BCUT2D eigenvalue weighted by atomic mass is 10.2. The third kappa shape index (κ3) is 2.58. The molecule has 0 aliphatic carbocycles. The maximum Gasteiger partial charge on any atom is 0.338 e. The molecule has 3 heterocycles. The molecule has 1 amide bonds. The average Bonchev–Trinajstić information content (AvgIpc) is 3.17. The Morgan fingerprint density at radius 3 is 2.86 bits per heavy atom. The number of rotatable bonds is 3. The van der Waals surface area contributed by atoms with Crippen molar-refractivity contribution < 1.29 is 19.1 Å². The van der Waals surface area contributed by atoms with Crippen molar-refractivity contribution >= 4 is 23.2 Å². The molecule has 2 aromatic heterocycles. The van der Waals surface area contributed by atoms with Gasteiger partial charge in [-0.2, -0.15) is 0 Å². The summed E-state index contributed by atoms with van der Waals surface area (Å²) in [5.41, 5.74) is 0.000986. The molecule has 0 radical (unpaired) electrons. The van der Waals surface area contributed by atoms with Gasteiger partial charge in [-0.1, -0.05) is 0 Å². The highest BCUT2D eigenvalue weighted by Gasteiger charge is 2.33. The van der Waals surface area contributed by atoms with E-state index in [2.05, 4.69) is 12.1 Å². The Balaban J connectivity index is 1.84. The number of aryl methyl sites for hydroxylation is 1. The van der Waals surface area contributed by atoms with Crippen molar-refractivity contribution in [2.24, 2.45) is 0 Å². The fraction of sp³-hybridized carbons (Fsp3) is 0.333. The molecule has 0 saturated carbocycles. The molecule has 110 valence electrons. The Hall–Kier alpha value is -2.08. The maximum atomic E-state index is 12.5. The molecule has 0 spiro atoms. The number of nitrogens with zero attached hydrogens (tertiary/aromatic N) is 1. The minimum Gasteiger partial charge on any atom is -0.478 e. The number of aromatic carboxylic acids is 1. The Labute approximate surface area is 125 Å². The quantitative estimate of drug-likeness (QED) is 0.944. The van der Waals surface area contributed by atoms with Gasteiger partial charge in [0.05, 0.1) is 11.6 Å². The van der Waals surface area contributed by atoms with Crippen LogP contribution in [0.1, 0.15) is 49.6 Å². The first-order valence-electron chi connectivity index (χ1n) is 6.75. The van der Waals surface area contributed by atoms with E-state index < -0.39 is 5.97 Å². The van der Waals surface area contributed by atoms with Crippen molar-refractivity contribution in [3.8, 4) is 0 Å². The predicted molar refractivity (Wildman–Crippen MR) is 77.7 cm³/mol. The molecule has 1 fully saturated rings. The molecule has 0 bridgehead atoms. The van der Waals surface area contributed by atoms with Crippen LogP contribution in [-0.2, 0) is 0 Å². The molecule has 5 nitrogen and oxygen atoms in total. The molecular formula is C15H15NO4S. The minimum absolute atomic E-state index is 0.000986. The normalized spacial score (nSPS) is 18.1. The lowest BCUT2D eigenvalue weighted by Crippen LogP contribution is -2.29. The van der Waals surface area contributed by atoms with Gasteiger partial charge in [-0.3, -0.25) is 4.79 Å². The van der Waals surface area contributed by atoms with Gasteiger partial charge in [0.15, 0.2) is 5.76 Å². The van der Waals surface area contributed by atoms with Crippen LogP contribution in [0, 0.1) is 6.92 Å². The number of furan rings is 1. The average molecular weight is 305 g/mol. The van der Waals surface area contributed by atoms with Crippen molar-refractivity contribution in [3.05, 3.63) is 45.5 Å². The van der Waals surface area contributed by atoms with Crippen LogP contribution < -0.4 is 0 Å². The second kappa shape index (κ2) is 5.37. The van der Waals surface area contributed by atoms with E-state index in [1.807, 2.05) is 6.92 Å². The van der Waals surface area contributed by atoms with Gasteiger partial charge < -0.3 is 14.4 Å². The summed E-state index contributed by atoms with van der Waals surface area (Å²) in [6, 6.07) is 5.46. The smallest absolute Gasteiger partial charge is 0.338 e. The zero-order chi connectivity index (χ0) is 15.0. The van der Waals surface area contributed by atoms with Gasteiger partial charge in [-0.05, 0) is 31.9 Å². The first-order chi connectivity index (χ1) is 10.1. The van der Waals surface area contributed by atoms with Crippen LogP contribution in [0.2, 0.25) is 0 Å². The first kappa shape index (κ1) is 13.9. The number of likely N-dealkylation sites (tertiary alicyclic amines) is 1. The topological polar surface area (TPSA) is 70.8 Å². The van der Waals surface area contributed by atoms with Crippen LogP contribution in [0.4, 0.5) is 0 Å². The van der Waals surface area contributed by atoms with E-state index in [0.29, 0.717) is 6.54 Å². The Bertz CT molecular complexity index is 687. The van der Waals surface area contributed by atoms with Crippen molar-refractivity contribution in [2.75, 3.05) is 6.54 Å². The van der Waals surface area contributed by atoms with E-state index in [-0.39, 0.29) is 23.3 Å². The zero-order valence-electron chi connectivity index (χ0n) is 11.5. The number of carboxylic acid groups (broad SMARTS) is 1. The lowest BCUT2D eigenvalue weighted by molar-refractivity contribution is 0.0691. The maximum absolute atomic E-state index is 12.5. The summed E-state index contributed by atoms with van der Waals surface area (Å²) >= 11 is 1.69. The Kier molecular flexibility index (Phi) is 3.55. The second-order valence-corrected chi connectivity index (χ2v) is 6.43. The SMILES string of the molecule is Cc1ccc([C@H]2CCCN2C(=O)c2cc(C(=O)O)co2)s1. The fourth-order valence-corrected chi connectivity index (χ4v) is 3.67. The van der Waals surface area contributed by atoms with Crippen molar-refractivity contribution in [3.63, 3.8) is 0 Å². The Morgan fingerprint density at radius 2 is 2.24 bits per heavy atom. The molecule has 0 unspecified atom stereocenters. The van der Waals surface area contributed by atoms with Gasteiger partial charge in [0, 0.05) is 22.4 Å². The summed E-state index contributed by atoms with van der Waals surface area (Å²) in [4.78, 5) is 27.5. The molecule has 6 heteroatoms. The van der Waals surface area contributed by atoms with Gasteiger partial charge in [-0.25, -0.2) is 4.79 Å². The predicted octanol–water partition coefficient (Wildman–Crippen LogP) is 3.33.